The third kappa shape index (κ3) is 1.27. The monoisotopic (exact) mass is 272 g/mol. The molecule has 100 valence electrons. The van der Waals surface area contributed by atoms with E-state index in [0.717, 1.165) is 22.6 Å². The van der Waals surface area contributed by atoms with Crippen molar-refractivity contribution in [3.63, 3.8) is 0 Å². The SMILES string of the molecule is c1ccc2c(c1)OC1(O2)c2ccccc2-c2ccccc21. The van der Waals surface area contributed by atoms with E-state index < -0.39 is 5.79 Å². The van der Waals surface area contributed by atoms with Gasteiger partial charge >= 0.3 is 5.79 Å². The van der Waals surface area contributed by atoms with E-state index >= 15 is 0 Å². The summed E-state index contributed by atoms with van der Waals surface area (Å²) in [5.41, 5.74) is 4.51. The van der Waals surface area contributed by atoms with Crippen LogP contribution in [0.25, 0.3) is 11.1 Å². The maximum absolute atomic E-state index is 6.29. The van der Waals surface area contributed by atoms with Crippen molar-refractivity contribution in [3.8, 4) is 22.6 Å². The minimum Gasteiger partial charge on any atom is -0.440 e. The summed E-state index contributed by atoms with van der Waals surface area (Å²) in [5, 5.41) is 0. The topological polar surface area (TPSA) is 18.5 Å². The predicted molar refractivity (Wildman–Crippen MR) is 80.4 cm³/mol. The zero-order valence-electron chi connectivity index (χ0n) is 11.2. The predicted octanol–water partition coefficient (Wildman–Crippen LogP) is 4.34. The summed E-state index contributed by atoms with van der Waals surface area (Å²) in [7, 11) is 0. The first-order chi connectivity index (χ1) is 10.4. The summed E-state index contributed by atoms with van der Waals surface area (Å²) in [6.07, 6.45) is 0. The average Bonchev–Trinajstić information content (AvgIpc) is 3.06. The molecule has 2 aliphatic rings. The van der Waals surface area contributed by atoms with E-state index in [2.05, 4.69) is 36.4 Å². The molecule has 0 saturated carbocycles. The van der Waals surface area contributed by atoms with E-state index in [0.29, 0.717) is 0 Å². The highest BCUT2D eigenvalue weighted by Gasteiger charge is 2.51. The molecule has 21 heavy (non-hydrogen) atoms. The Morgan fingerprint density at radius 2 is 0.952 bits per heavy atom. The Hall–Kier alpha value is -2.74. The van der Waals surface area contributed by atoms with Gasteiger partial charge in [0.2, 0.25) is 0 Å². The Kier molecular flexibility index (Phi) is 1.92. The van der Waals surface area contributed by atoms with Crippen LogP contribution < -0.4 is 9.47 Å². The number of hydrogen-bond acceptors (Lipinski definition) is 2. The van der Waals surface area contributed by atoms with Gasteiger partial charge < -0.3 is 9.47 Å². The van der Waals surface area contributed by atoms with E-state index in [1.165, 1.54) is 11.1 Å². The second-order valence-corrected chi connectivity index (χ2v) is 5.36. The van der Waals surface area contributed by atoms with Crippen molar-refractivity contribution in [1.29, 1.82) is 0 Å². The van der Waals surface area contributed by atoms with E-state index in [-0.39, 0.29) is 0 Å². The van der Waals surface area contributed by atoms with Gasteiger partial charge in [0.25, 0.3) is 0 Å². The molecule has 1 heterocycles. The van der Waals surface area contributed by atoms with Crippen LogP contribution in [0, 0.1) is 0 Å². The van der Waals surface area contributed by atoms with Gasteiger partial charge in [0.15, 0.2) is 11.5 Å². The summed E-state index contributed by atoms with van der Waals surface area (Å²) in [5.74, 6) is 0.754. The molecule has 0 bridgehead atoms. The molecule has 0 fully saturated rings. The molecule has 0 radical (unpaired) electrons. The highest BCUT2D eigenvalue weighted by Crippen LogP contribution is 2.55. The van der Waals surface area contributed by atoms with Crippen LogP contribution in [0.1, 0.15) is 11.1 Å². The number of rotatable bonds is 0. The molecule has 2 nitrogen and oxygen atoms in total. The highest BCUT2D eigenvalue weighted by atomic mass is 16.7. The first kappa shape index (κ1) is 11.0. The van der Waals surface area contributed by atoms with Crippen LogP contribution in [0.4, 0.5) is 0 Å². The minimum absolute atomic E-state index is 0.795. The van der Waals surface area contributed by atoms with E-state index in [4.69, 9.17) is 9.47 Å². The molecule has 1 spiro atoms. The summed E-state index contributed by atoms with van der Waals surface area (Å²) >= 11 is 0. The lowest BCUT2D eigenvalue weighted by molar-refractivity contribution is -0.0417. The van der Waals surface area contributed by atoms with Gasteiger partial charge in [0.05, 0.1) is 0 Å². The van der Waals surface area contributed by atoms with Crippen molar-refractivity contribution < 1.29 is 9.47 Å². The third-order valence-corrected chi connectivity index (χ3v) is 4.21. The van der Waals surface area contributed by atoms with Crippen LogP contribution >= 0.6 is 0 Å². The Morgan fingerprint density at radius 1 is 0.524 bits per heavy atom. The lowest BCUT2D eigenvalue weighted by Crippen LogP contribution is -2.34. The zero-order valence-corrected chi connectivity index (χ0v) is 11.2. The van der Waals surface area contributed by atoms with Gasteiger partial charge in [0.1, 0.15) is 0 Å². The van der Waals surface area contributed by atoms with Gasteiger partial charge in [-0.3, -0.25) is 0 Å². The summed E-state index contributed by atoms with van der Waals surface area (Å²) in [6, 6.07) is 24.4. The Labute approximate surface area is 122 Å². The summed E-state index contributed by atoms with van der Waals surface area (Å²) in [4.78, 5) is 0. The summed E-state index contributed by atoms with van der Waals surface area (Å²) < 4.78 is 12.6. The van der Waals surface area contributed by atoms with Crippen molar-refractivity contribution >= 4 is 0 Å². The van der Waals surface area contributed by atoms with Crippen LogP contribution in [0.2, 0.25) is 0 Å². The number of fused-ring (bicyclic) bond motifs is 6. The second-order valence-electron chi connectivity index (χ2n) is 5.36. The fraction of sp³-hybridized carbons (Fsp3) is 0.0526. The van der Waals surface area contributed by atoms with E-state index in [1.54, 1.807) is 0 Å². The molecule has 3 aromatic carbocycles. The molecular weight excluding hydrogens is 260 g/mol. The number of benzene rings is 3. The van der Waals surface area contributed by atoms with Crippen molar-refractivity contribution in [2.45, 2.75) is 5.79 Å². The Balaban J connectivity index is 1.82. The van der Waals surface area contributed by atoms with Gasteiger partial charge in [-0.25, -0.2) is 0 Å². The van der Waals surface area contributed by atoms with Crippen LogP contribution in [-0.4, -0.2) is 0 Å². The normalized spacial score (nSPS) is 15.8. The first-order valence-electron chi connectivity index (χ1n) is 7.05. The van der Waals surface area contributed by atoms with Crippen LogP contribution in [0.15, 0.2) is 72.8 Å². The smallest absolute Gasteiger partial charge is 0.306 e. The molecule has 0 unspecified atom stereocenters. The second kappa shape index (κ2) is 3.67. The van der Waals surface area contributed by atoms with E-state index in [9.17, 15) is 0 Å². The van der Waals surface area contributed by atoms with Gasteiger partial charge in [-0.2, -0.15) is 0 Å². The zero-order chi connectivity index (χ0) is 13.9. The number of ether oxygens (including phenoxy) is 2. The molecule has 0 aromatic heterocycles. The molecule has 1 aliphatic carbocycles. The van der Waals surface area contributed by atoms with E-state index in [1.807, 2.05) is 36.4 Å². The maximum Gasteiger partial charge on any atom is 0.306 e. The molecule has 0 amide bonds. The third-order valence-electron chi connectivity index (χ3n) is 4.21. The van der Waals surface area contributed by atoms with Gasteiger partial charge in [-0.05, 0) is 23.3 Å². The molecule has 0 N–H and O–H groups in total. The lowest BCUT2D eigenvalue weighted by Gasteiger charge is -2.25. The van der Waals surface area contributed by atoms with Gasteiger partial charge in [0, 0.05) is 11.1 Å². The molecule has 0 saturated heterocycles. The fourth-order valence-corrected chi connectivity index (χ4v) is 3.32. The summed E-state index contributed by atoms with van der Waals surface area (Å²) in [6.45, 7) is 0. The largest absolute Gasteiger partial charge is 0.440 e. The van der Waals surface area contributed by atoms with Crippen LogP contribution in [0.3, 0.4) is 0 Å². The van der Waals surface area contributed by atoms with Crippen LogP contribution in [-0.2, 0) is 5.79 Å². The molecule has 2 heteroatoms. The quantitative estimate of drug-likeness (QED) is 0.606. The van der Waals surface area contributed by atoms with Crippen molar-refractivity contribution in [3.05, 3.63) is 83.9 Å². The molecular formula is C19H12O2. The van der Waals surface area contributed by atoms with Crippen LogP contribution in [0.5, 0.6) is 11.5 Å². The standard InChI is InChI=1S/C19H12O2/c1-3-9-15-13(7-1)14-8-2-4-10-16(14)19(15)20-17-11-5-6-12-18(17)21-19/h1-12H. The molecule has 0 atom stereocenters. The molecule has 3 aromatic rings. The average molecular weight is 272 g/mol. The number of hydrogen-bond donors (Lipinski definition) is 0. The Bertz CT molecular complexity index is 794. The maximum atomic E-state index is 6.29. The van der Waals surface area contributed by atoms with Gasteiger partial charge in [-0.15, -0.1) is 0 Å². The van der Waals surface area contributed by atoms with Crippen molar-refractivity contribution in [2.75, 3.05) is 0 Å². The first-order valence-corrected chi connectivity index (χ1v) is 7.05. The lowest BCUT2D eigenvalue weighted by atomic mass is 10.0. The van der Waals surface area contributed by atoms with Gasteiger partial charge in [-0.1, -0.05) is 60.7 Å². The fourth-order valence-electron chi connectivity index (χ4n) is 3.32. The van der Waals surface area contributed by atoms with Crippen molar-refractivity contribution in [2.24, 2.45) is 0 Å². The Morgan fingerprint density at radius 3 is 1.48 bits per heavy atom. The minimum atomic E-state index is -0.836. The number of para-hydroxylation sites is 2. The molecule has 1 aliphatic heterocycles. The molecule has 5 rings (SSSR count). The highest BCUT2D eigenvalue weighted by molar-refractivity contribution is 5.80. The van der Waals surface area contributed by atoms with Crippen molar-refractivity contribution in [1.82, 2.24) is 0 Å².